The molecule has 0 aliphatic rings. The van der Waals surface area contributed by atoms with E-state index in [1.807, 2.05) is 29.8 Å². The van der Waals surface area contributed by atoms with E-state index >= 15 is 0 Å². The van der Waals surface area contributed by atoms with Crippen LogP contribution in [0.4, 0.5) is 0 Å². The summed E-state index contributed by atoms with van der Waals surface area (Å²) in [6, 6.07) is 6.00. The quantitative estimate of drug-likeness (QED) is 0.729. The van der Waals surface area contributed by atoms with Gasteiger partial charge in [0.2, 0.25) is 0 Å². The number of benzene rings is 1. The third-order valence-corrected chi connectivity index (χ3v) is 2.20. The second kappa shape index (κ2) is 3.40. The Morgan fingerprint density at radius 3 is 3.00 bits per heavy atom. The number of hydrogen-bond acceptors (Lipinski definition) is 3. The van der Waals surface area contributed by atoms with Gasteiger partial charge in [-0.1, -0.05) is 6.07 Å². The van der Waals surface area contributed by atoms with Crippen LogP contribution in [0.15, 0.2) is 24.5 Å². The molecule has 1 heterocycles. The number of hydrogen-bond donors (Lipinski definition) is 1. The van der Waals surface area contributed by atoms with E-state index in [0.717, 1.165) is 21.7 Å². The van der Waals surface area contributed by atoms with Crippen LogP contribution in [0.3, 0.4) is 0 Å². The Kier molecular flexibility index (Phi) is 2.23. The van der Waals surface area contributed by atoms with Crippen LogP contribution in [-0.2, 0) is 13.6 Å². The lowest BCUT2D eigenvalue weighted by Gasteiger charge is -2.07. The summed E-state index contributed by atoms with van der Waals surface area (Å²) in [5, 5.41) is 10.2. The highest BCUT2D eigenvalue weighted by atomic mass is 16.5. The largest absolute Gasteiger partial charge is 0.334 e. The summed E-state index contributed by atoms with van der Waals surface area (Å²) in [5.41, 5.74) is 3.13. The minimum Gasteiger partial charge on any atom is -0.334 e. The number of nitrogens with zero attached hydrogens (tertiary/aromatic N) is 3. The molecule has 1 aromatic carbocycles. The molecule has 0 spiro atoms. The predicted molar refractivity (Wildman–Crippen MR) is 54.0 cm³/mol. The summed E-state index contributed by atoms with van der Waals surface area (Å²) in [6.07, 6.45) is 1.79. The molecule has 4 heteroatoms. The minimum atomic E-state index is 0.520. The van der Waals surface area contributed by atoms with Crippen LogP contribution in [0.5, 0.6) is 0 Å². The van der Waals surface area contributed by atoms with E-state index in [9.17, 15) is 0 Å². The lowest BCUT2D eigenvalue weighted by Crippen LogP contribution is -2.11. The van der Waals surface area contributed by atoms with Crippen LogP contribution in [0.25, 0.3) is 11.0 Å². The Labute approximate surface area is 82.4 Å². The molecule has 0 atom stereocenters. The molecule has 1 aromatic heterocycles. The van der Waals surface area contributed by atoms with E-state index in [4.69, 9.17) is 5.21 Å². The van der Waals surface area contributed by atoms with Gasteiger partial charge in [0.05, 0.1) is 17.4 Å². The Morgan fingerprint density at radius 1 is 1.50 bits per heavy atom. The first kappa shape index (κ1) is 9.18. The minimum absolute atomic E-state index is 0.520. The third-order valence-electron chi connectivity index (χ3n) is 2.20. The zero-order chi connectivity index (χ0) is 10.1. The van der Waals surface area contributed by atoms with Gasteiger partial charge >= 0.3 is 0 Å². The van der Waals surface area contributed by atoms with Crippen molar-refractivity contribution in [2.75, 3.05) is 7.05 Å². The number of rotatable bonds is 2. The summed E-state index contributed by atoms with van der Waals surface area (Å²) < 4.78 is 1.97. The fraction of sp³-hybridized carbons (Fsp3) is 0.300. The van der Waals surface area contributed by atoms with Crippen molar-refractivity contribution in [1.82, 2.24) is 14.6 Å². The Hall–Kier alpha value is -1.39. The SMILES string of the molecule is CN(O)Cc1ccc2c(c1)ncn2C. The molecule has 14 heavy (non-hydrogen) atoms. The van der Waals surface area contributed by atoms with E-state index in [-0.39, 0.29) is 0 Å². The number of fused-ring (bicyclic) bond motifs is 1. The number of aryl methyl sites for hydroxylation is 1. The topological polar surface area (TPSA) is 41.3 Å². The molecule has 0 saturated heterocycles. The van der Waals surface area contributed by atoms with Crippen molar-refractivity contribution in [2.45, 2.75) is 6.54 Å². The normalized spacial score (nSPS) is 11.4. The maximum absolute atomic E-state index is 9.09. The highest BCUT2D eigenvalue weighted by molar-refractivity contribution is 5.75. The van der Waals surface area contributed by atoms with Crippen LogP contribution in [0.2, 0.25) is 0 Å². The molecule has 74 valence electrons. The van der Waals surface area contributed by atoms with Gasteiger partial charge in [0.25, 0.3) is 0 Å². The van der Waals surface area contributed by atoms with Gasteiger partial charge in [0.15, 0.2) is 0 Å². The molecule has 1 N–H and O–H groups in total. The summed E-state index contributed by atoms with van der Waals surface area (Å²) in [5.74, 6) is 0. The predicted octanol–water partition coefficient (Wildman–Crippen LogP) is 1.39. The van der Waals surface area contributed by atoms with E-state index in [0.29, 0.717) is 6.54 Å². The van der Waals surface area contributed by atoms with Gasteiger partial charge in [-0.05, 0) is 17.7 Å². The van der Waals surface area contributed by atoms with Gasteiger partial charge in [0.1, 0.15) is 0 Å². The zero-order valence-electron chi connectivity index (χ0n) is 8.31. The molecule has 2 rings (SSSR count). The lowest BCUT2D eigenvalue weighted by atomic mass is 10.2. The molecule has 0 amide bonds. The van der Waals surface area contributed by atoms with Crippen molar-refractivity contribution in [2.24, 2.45) is 7.05 Å². The molecule has 0 saturated carbocycles. The van der Waals surface area contributed by atoms with E-state index in [2.05, 4.69) is 4.98 Å². The average molecular weight is 191 g/mol. The highest BCUT2D eigenvalue weighted by Gasteiger charge is 2.01. The van der Waals surface area contributed by atoms with Crippen LogP contribution < -0.4 is 0 Å². The van der Waals surface area contributed by atoms with Gasteiger partial charge in [-0.25, -0.2) is 4.98 Å². The zero-order valence-corrected chi connectivity index (χ0v) is 8.31. The number of imidazole rings is 1. The first-order valence-corrected chi connectivity index (χ1v) is 4.47. The smallest absolute Gasteiger partial charge is 0.0955 e. The molecule has 0 fully saturated rings. The summed E-state index contributed by atoms with van der Waals surface area (Å²) >= 11 is 0. The molecular weight excluding hydrogens is 178 g/mol. The maximum Gasteiger partial charge on any atom is 0.0955 e. The van der Waals surface area contributed by atoms with E-state index in [1.54, 1.807) is 13.4 Å². The first-order chi connectivity index (χ1) is 6.66. The summed E-state index contributed by atoms with van der Waals surface area (Å²) in [7, 11) is 3.59. The van der Waals surface area contributed by atoms with Gasteiger partial charge in [-0.15, -0.1) is 0 Å². The Bertz CT molecular complexity index is 448. The van der Waals surface area contributed by atoms with E-state index in [1.165, 1.54) is 0 Å². The average Bonchev–Trinajstić information content (AvgIpc) is 2.46. The third kappa shape index (κ3) is 1.62. The van der Waals surface area contributed by atoms with Crippen LogP contribution >= 0.6 is 0 Å². The van der Waals surface area contributed by atoms with Gasteiger partial charge in [-0.2, -0.15) is 5.06 Å². The lowest BCUT2D eigenvalue weighted by molar-refractivity contribution is -0.0731. The summed E-state index contributed by atoms with van der Waals surface area (Å²) in [6.45, 7) is 0.520. The number of aromatic nitrogens is 2. The molecule has 0 unspecified atom stereocenters. The van der Waals surface area contributed by atoms with Crippen LogP contribution in [0, 0.1) is 0 Å². The van der Waals surface area contributed by atoms with Crippen molar-refractivity contribution in [3.8, 4) is 0 Å². The molecule has 2 aromatic rings. The summed E-state index contributed by atoms with van der Waals surface area (Å²) in [4.78, 5) is 4.25. The van der Waals surface area contributed by atoms with Gasteiger partial charge in [0, 0.05) is 20.6 Å². The molecule has 0 aliphatic heterocycles. The second-order valence-corrected chi connectivity index (χ2v) is 3.49. The first-order valence-electron chi connectivity index (χ1n) is 4.47. The highest BCUT2D eigenvalue weighted by Crippen LogP contribution is 2.14. The monoisotopic (exact) mass is 191 g/mol. The van der Waals surface area contributed by atoms with Crippen molar-refractivity contribution in [3.63, 3.8) is 0 Å². The standard InChI is InChI=1S/C10H13N3O/c1-12-7-11-9-5-8(6-13(2)14)3-4-10(9)12/h3-5,7,14H,6H2,1-2H3. The fourth-order valence-corrected chi connectivity index (χ4v) is 1.54. The van der Waals surface area contributed by atoms with Crippen molar-refractivity contribution in [3.05, 3.63) is 30.1 Å². The van der Waals surface area contributed by atoms with Gasteiger partial charge in [-0.3, -0.25) is 0 Å². The molecule has 0 radical (unpaired) electrons. The van der Waals surface area contributed by atoms with E-state index < -0.39 is 0 Å². The molecule has 0 bridgehead atoms. The van der Waals surface area contributed by atoms with Crippen molar-refractivity contribution < 1.29 is 5.21 Å². The molecule has 0 aliphatic carbocycles. The van der Waals surface area contributed by atoms with Crippen LogP contribution in [0.1, 0.15) is 5.56 Å². The second-order valence-electron chi connectivity index (χ2n) is 3.49. The number of hydroxylamine groups is 2. The maximum atomic E-state index is 9.09. The van der Waals surface area contributed by atoms with Crippen molar-refractivity contribution in [1.29, 1.82) is 0 Å². The fourth-order valence-electron chi connectivity index (χ4n) is 1.54. The van der Waals surface area contributed by atoms with Gasteiger partial charge < -0.3 is 9.77 Å². The van der Waals surface area contributed by atoms with Crippen molar-refractivity contribution >= 4 is 11.0 Å². The van der Waals surface area contributed by atoms with Crippen LogP contribution in [-0.4, -0.2) is 26.9 Å². The molecule has 4 nitrogen and oxygen atoms in total. The Balaban J connectivity index is 2.42. The Morgan fingerprint density at radius 2 is 2.29 bits per heavy atom. The molecular formula is C10H13N3O.